The molecule has 21 heavy (non-hydrogen) atoms. The Labute approximate surface area is 129 Å². The summed E-state index contributed by atoms with van der Waals surface area (Å²) in [5.74, 6) is 0. The van der Waals surface area contributed by atoms with Crippen molar-refractivity contribution < 1.29 is 4.74 Å². The third-order valence-electron chi connectivity index (χ3n) is 4.42. The Bertz CT molecular complexity index is 659. The lowest BCUT2D eigenvalue weighted by Gasteiger charge is -2.34. The van der Waals surface area contributed by atoms with Gasteiger partial charge in [-0.3, -0.25) is 9.88 Å². The first-order chi connectivity index (χ1) is 10.3. The van der Waals surface area contributed by atoms with Crippen molar-refractivity contribution in [1.82, 2.24) is 9.88 Å². The fourth-order valence-corrected chi connectivity index (χ4v) is 3.30. The molecule has 2 aromatic rings. The highest BCUT2D eigenvalue weighted by Crippen LogP contribution is 2.27. The van der Waals surface area contributed by atoms with Gasteiger partial charge in [-0.1, -0.05) is 11.6 Å². The van der Waals surface area contributed by atoms with Crippen LogP contribution in [0.25, 0.3) is 10.9 Å². The van der Waals surface area contributed by atoms with Gasteiger partial charge in [0.15, 0.2) is 0 Å². The number of ether oxygens (including phenoxy) is 1. The first-order valence-corrected chi connectivity index (χ1v) is 7.80. The molecule has 1 atom stereocenters. The van der Waals surface area contributed by atoms with Crippen molar-refractivity contribution in [2.24, 2.45) is 0 Å². The van der Waals surface area contributed by atoms with Gasteiger partial charge in [0.2, 0.25) is 0 Å². The minimum atomic E-state index is 0.492. The van der Waals surface area contributed by atoms with E-state index in [1.54, 1.807) is 0 Å². The number of hydrogen-bond acceptors (Lipinski definition) is 4. The van der Waals surface area contributed by atoms with Crippen LogP contribution < -0.4 is 5.32 Å². The standard InChI is InChI=1S/C16H18ClN3O/c17-11-1-2-14-15(3-5-18-16(14)7-11)19-12-4-6-20(8-12)13-9-21-10-13/h1-3,5,7,12-13H,4,6,8-10H2,(H,18,19). The van der Waals surface area contributed by atoms with Crippen molar-refractivity contribution in [1.29, 1.82) is 0 Å². The second kappa shape index (κ2) is 5.44. The molecule has 0 bridgehead atoms. The fourth-order valence-electron chi connectivity index (χ4n) is 3.14. The van der Waals surface area contributed by atoms with Crippen LogP contribution in [0.3, 0.4) is 0 Å². The molecule has 0 saturated carbocycles. The maximum atomic E-state index is 6.04. The fraction of sp³-hybridized carbons (Fsp3) is 0.438. The van der Waals surface area contributed by atoms with Crippen LogP contribution in [0, 0.1) is 0 Å². The summed E-state index contributed by atoms with van der Waals surface area (Å²) >= 11 is 6.04. The number of rotatable bonds is 3. The largest absolute Gasteiger partial charge is 0.380 e. The molecule has 2 fully saturated rings. The van der Waals surface area contributed by atoms with Gasteiger partial charge in [0, 0.05) is 41.4 Å². The molecule has 4 nitrogen and oxygen atoms in total. The van der Waals surface area contributed by atoms with Gasteiger partial charge in [-0.15, -0.1) is 0 Å². The highest BCUT2D eigenvalue weighted by molar-refractivity contribution is 6.31. The summed E-state index contributed by atoms with van der Waals surface area (Å²) in [7, 11) is 0. The molecule has 5 heteroatoms. The molecule has 1 N–H and O–H groups in total. The Hall–Kier alpha value is -1.36. The SMILES string of the molecule is Clc1ccc2c(NC3CCN(C4COC4)C3)ccnc2c1. The predicted octanol–water partition coefficient (Wildman–Crippen LogP) is 2.77. The Kier molecular flexibility index (Phi) is 3.45. The van der Waals surface area contributed by atoms with Crippen molar-refractivity contribution in [3.05, 3.63) is 35.5 Å². The van der Waals surface area contributed by atoms with Crippen LogP contribution in [-0.2, 0) is 4.74 Å². The number of likely N-dealkylation sites (tertiary alicyclic amines) is 1. The van der Waals surface area contributed by atoms with Crippen molar-refractivity contribution >= 4 is 28.2 Å². The summed E-state index contributed by atoms with van der Waals surface area (Å²) in [6, 6.07) is 9.04. The zero-order valence-electron chi connectivity index (χ0n) is 11.8. The van der Waals surface area contributed by atoms with Gasteiger partial charge >= 0.3 is 0 Å². The van der Waals surface area contributed by atoms with E-state index in [9.17, 15) is 0 Å². The molecule has 2 saturated heterocycles. The molecule has 0 radical (unpaired) electrons. The number of nitrogens with zero attached hydrogens (tertiary/aromatic N) is 2. The molecule has 2 aliphatic rings. The third kappa shape index (κ3) is 2.59. The molecule has 1 aromatic carbocycles. The van der Waals surface area contributed by atoms with E-state index in [-0.39, 0.29) is 0 Å². The van der Waals surface area contributed by atoms with Gasteiger partial charge in [-0.05, 0) is 30.7 Å². The van der Waals surface area contributed by atoms with Crippen LogP contribution in [0.2, 0.25) is 5.02 Å². The quantitative estimate of drug-likeness (QED) is 0.946. The molecule has 1 unspecified atom stereocenters. The van der Waals surface area contributed by atoms with E-state index < -0.39 is 0 Å². The normalized spacial score (nSPS) is 23.4. The lowest BCUT2D eigenvalue weighted by molar-refractivity contribution is -0.0571. The van der Waals surface area contributed by atoms with Crippen LogP contribution >= 0.6 is 11.6 Å². The Balaban J connectivity index is 1.52. The Morgan fingerprint density at radius 1 is 1.29 bits per heavy atom. The number of nitrogens with one attached hydrogen (secondary N) is 1. The monoisotopic (exact) mass is 303 g/mol. The highest BCUT2D eigenvalue weighted by atomic mass is 35.5. The maximum Gasteiger partial charge on any atom is 0.0737 e. The minimum Gasteiger partial charge on any atom is -0.380 e. The first-order valence-electron chi connectivity index (χ1n) is 7.42. The smallest absolute Gasteiger partial charge is 0.0737 e. The number of benzene rings is 1. The summed E-state index contributed by atoms with van der Waals surface area (Å²) in [4.78, 5) is 6.92. The van der Waals surface area contributed by atoms with Gasteiger partial charge in [0.25, 0.3) is 0 Å². The average Bonchev–Trinajstić information content (AvgIpc) is 2.85. The second-order valence-electron chi connectivity index (χ2n) is 5.84. The van der Waals surface area contributed by atoms with Gasteiger partial charge in [-0.25, -0.2) is 0 Å². The van der Waals surface area contributed by atoms with E-state index >= 15 is 0 Å². The Morgan fingerprint density at radius 3 is 3.00 bits per heavy atom. The van der Waals surface area contributed by atoms with Crippen LogP contribution in [0.5, 0.6) is 0 Å². The topological polar surface area (TPSA) is 37.4 Å². The molecule has 1 aromatic heterocycles. The van der Waals surface area contributed by atoms with Crippen LogP contribution in [0.15, 0.2) is 30.5 Å². The van der Waals surface area contributed by atoms with E-state index in [0.717, 1.165) is 47.9 Å². The summed E-state index contributed by atoms with van der Waals surface area (Å²) in [6.45, 7) is 4.03. The summed E-state index contributed by atoms with van der Waals surface area (Å²) in [5.41, 5.74) is 2.09. The minimum absolute atomic E-state index is 0.492. The van der Waals surface area contributed by atoms with Crippen molar-refractivity contribution in [3.63, 3.8) is 0 Å². The zero-order chi connectivity index (χ0) is 14.2. The van der Waals surface area contributed by atoms with Crippen molar-refractivity contribution in [2.45, 2.75) is 18.5 Å². The third-order valence-corrected chi connectivity index (χ3v) is 4.66. The van der Waals surface area contributed by atoms with Crippen LogP contribution in [0.4, 0.5) is 5.69 Å². The number of pyridine rings is 1. The number of hydrogen-bond donors (Lipinski definition) is 1. The van der Waals surface area contributed by atoms with Gasteiger partial charge in [-0.2, -0.15) is 0 Å². The zero-order valence-corrected chi connectivity index (χ0v) is 12.5. The molecule has 0 spiro atoms. The van der Waals surface area contributed by atoms with Gasteiger partial charge < -0.3 is 10.1 Å². The lowest BCUT2D eigenvalue weighted by atomic mass is 10.1. The molecule has 3 heterocycles. The molecule has 4 rings (SSSR count). The molecule has 2 aliphatic heterocycles. The molecular weight excluding hydrogens is 286 g/mol. The van der Waals surface area contributed by atoms with Crippen molar-refractivity contribution in [2.75, 3.05) is 31.6 Å². The van der Waals surface area contributed by atoms with Crippen LogP contribution in [-0.4, -0.2) is 48.3 Å². The Morgan fingerprint density at radius 2 is 2.19 bits per heavy atom. The van der Waals surface area contributed by atoms with Crippen molar-refractivity contribution in [3.8, 4) is 0 Å². The van der Waals surface area contributed by atoms with E-state index in [1.165, 1.54) is 6.42 Å². The average molecular weight is 304 g/mol. The lowest BCUT2D eigenvalue weighted by Crippen LogP contribution is -2.48. The first kappa shape index (κ1) is 13.3. The molecule has 0 amide bonds. The summed E-state index contributed by atoms with van der Waals surface area (Å²) in [6.07, 6.45) is 3.02. The van der Waals surface area contributed by atoms with E-state index in [2.05, 4.69) is 15.2 Å². The summed E-state index contributed by atoms with van der Waals surface area (Å²) in [5, 5.41) is 5.53. The maximum absolute atomic E-state index is 6.04. The van der Waals surface area contributed by atoms with Gasteiger partial charge in [0.05, 0.1) is 24.8 Å². The molecule has 0 aliphatic carbocycles. The number of halogens is 1. The summed E-state index contributed by atoms with van der Waals surface area (Å²) < 4.78 is 5.29. The van der Waals surface area contributed by atoms with E-state index in [0.29, 0.717) is 12.1 Å². The number of aromatic nitrogens is 1. The molecular formula is C16H18ClN3O. The second-order valence-corrected chi connectivity index (χ2v) is 6.27. The molecule has 110 valence electrons. The van der Waals surface area contributed by atoms with Gasteiger partial charge in [0.1, 0.15) is 0 Å². The van der Waals surface area contributed by atoms with E-state index in [4.69, 9.17) is 16.3 Å². The number of fused-ring (bicyclic) bond motifs is 1. The predicted molar refractivity (Wildman–Crippen MR) is 85.0 cm³/mol. The highest BCUT2D eigenvalue weighted by Gasteiger charge is 2.32. The van der Waals surface area contributed by atoms with E-state index in [1.807, 2.05) is 30.5 Å². The van der Waals surface area contributed by atoms with Crippen LogP contribution in [0.1, 0.15) is 6.42 Å². The number of anilines is 1.